The second-order valence-electron chi connectivity index (χ2n) is 4.13. The summed E-state index contributed by atoms with van der Waals surface area (Å²) in [4.78, 5) is 0. The number of thioether (sulfide) groups is 1. The quantitative estimate of drug-likeness (QED) is 0.445. The van der Waals surface area contributed by atoms with E-state index in [0.29, 0.717) is 0 Å². The van der Waals surface area contributed by atoms with Crippen LogP contribution in [-0.4, -0.2) is 16.0 Å². The molecule has 1 heterocycles. The smallest absolute Gasteiger partial charge is 0.177 e. The highest BCUT2D eigenvalue weighted by Crippen LogP contribution is 2.21. The van der Waals surface area contributed by atoms with Gasteiger partial charge in [-0.05, 0) is 42.6 Å². The zero-order valence-electron chi connectivity index (χ0n) is 10.6. The van der Waals surface area contributed by atoms with Crippen molar-refractivity contribution in [2.24, 2.45) is 0 Å². The molecule has 0 atom stereocenters. The zero-order valence-corrected chi connectivity index (χ0v) is 13.0. The molecule has 100 valence electrons. The van der Waals surface area contributed by atoms with Crippen LogP contribution in [0, 0.1) is 3.95 Å². The Kier molecular flexibility index (Phi) is 5.82. The average molecular weight is 308 g/mol. The molecule has 0 radical (unpaired) electrons. The van der Waals surface area contributed by atoms with Crippen molar-refractivity contribution in [3.63, 3.8) is 0 Å². The van der Waals surface area contributed by atoms with E-state index in [4.69, 9.17) is 12.2 Å². The molecule has 1 aromatic carbocycles. The SMILES string of the molecule is C=Cc1cccc(CCCCSc2n[nH]c(=S)s2)c1. The minimum atomic E-state index is 0.753. The van der Waals surface area contributed by atoms with Crippen molar-refractivity contribution in [3.8, 4) is 0 Å². The van der Waals surface area contributed by atoms with Gasteiger partial charge in [0.2, 0.25) is 0 Å². The van der Waals surface area contributed by atoms with Crippen LogP contribution in [0.1, 0.15) is 24.0 Å². The van der Waals surface area contributed by atoms with Crippen LogP contribution in [0.5, 0.6) is 0 Å². The Morgan fingerprint density at radius 2 is 2.32 bits per heavy atom. The van der Waals surface area contributed by atoms with Gasteiger partial charge < -0.3 is 0 Å². The van der Waals surface area contributed by atoms with Crippen molar-refractivity contribution in [2.75, 3.05) is 5.75 Å². The van der Waals surface area contributed by atoms with Gasteiger partial charge in [0, 0.05) is 5.75 Å². The number of unbranched alkanes of at least 4 members (excludes halogenated alkanes) is 1. The van der Waals surface area contributed by atoms with Crippen LogP contribution >= 0.6 is 35.3 Å². The third-order valence-corrected chi connectivity index (χ3v) is 5.01. The number of hydrogen-bond donors (Lipinski definition) is 1. The van der Waals surface area contributed by atoms with E-state index in [1.807, 2.05) is 6.08 Å². The normalized spacial score (nSPS) is 10.5. The summed E-state index contributed by atoms with van der Waals surface area (Å²) in [6, 6.07) is 8.56. The molecule has 0 fully saturated rings. The summed E-state index contributed by atoms with van der Waals surface area (Å²) in [7, 11) is 0. The van der Waals surface area contributed by atoms with Crippen molar-refractivity contribution in [3.05, 3.63) is 45.9 Å². The molecule has 0 saturated carbocycles. The standard InChI is InChI=1S/C14H16N2S3/c1-2-11-7-5-8-12(10-11)6-3-4-9-18-14-16-15-13(17)19-14/h2,5,7-8,10H,1,3-4,6,9H2,(H,15,17). The largest absolute Gasteiger partial charge is 0.257 e. The lowest BCUT2D eigenvalue weighted by Crippen LogP contribution is -1.88. The number of hydrogen-bond acceptors (Lipinski definition) is 4. The Labute approximate surface area is 127 Å². The summed E-state index contributed by atoms with van der Waals surface area (Å²) in [5.74, 6) is 1.09. The van der Waals surface area contributed by atoms with Crippen molar-refractivity contribution in [2.45, 2.75) is 23.6 Å². The van der Waals surface area contributed by atoms with E-state index in [0.717, 1.165) is 20.5 Å². The molecular formula is C14H16N2S3. The molecule has 0 aliphatic carbocycles. The molecule has 1 aromatic heterocycles. The number of H-pyrrole nitrogens is 1. The molecule has 5 heteroatoms. The fraction of sp³-hybridized carbons (Fsp3) is 0.286. The first-order valence-electron chi connectivity index (χ1n) is 6.17. The second-order valence-corrected chi connectivity index (χ2v) is 7.14. The van der Waals surface area contributed by atoms with Gasteiger partial charge in [0.25, 0.3) is 0 Å². The fourth-order valence-electron chi connectivity index (χ4n) is 1.74. The molecule has 0 aliphatic rings. The molecule has 0 spiro atoms. The van der Waals surface area contributed by atoms with Crippen molar-refractivity contribution < 1.29 is 0 Å². The van der Waals surface area contributed by atoms with Gasteiger partial charge in [0.05, 0.1) is 0 Å². The molecule has 0 unspecified atom stereocenters. The van der Waals surface area contributed by atoms with Crippen LogP contribution in [0.3, 0.4) is 0 Å². The van der Waals surface area contributed by atoms with Gasteiger partial charge in [0.15, 0.2) is 8.29 Å². The average Bonchev–Trinajstić information content (AvgIpc) is 2.84. The lowest BCUT2D eigenvalue weighted by Gasteiger charge is -2.02. The van der Waals surface area contributed by atoms with Crippen LogP contribution in [-0.2, 0) is 6.42 Å². The monoisotopic (exact) mass is 308 g/mol. The van der Waals surface area contributed by atoms with E-state index in [1.165, 1.54) is 24.0 Å². The summed E-state index contributed by atoms with van der Waals surface area (Å²) >= 11 is 8.33. The van der Waals surface area contributed by atoms with E-state index in [1.54, 1.807) is 23.1 Å². The molecule has 19 heavy (non-hydrogen) atoms. The predicted molar refractivity (Wildman–Crippen MR) is 87.5 cm³/mol. The van der Waals surface area contributed by atoms with Gasteiger partial charge >= 0.3 is 0 Å². The van der Waals surface area contributed by atoms with Crippen LogP contribution in [0.15, 0.2) is 35.2 Å². The van der Waals surface area contributed by atoms with Crippen molar-refractivity contribution in [1.82, 2.24) is 10.2 Å². The summed E-state index contributed by atoms with van der Waals surface area (Å²) in [6.45, 7) is 3.80. The van der Waals surface area contributed by atoms with Gasteiger partial charge in [-0.25, -0.2) is 0 Å². The van der Waals surface area contributed by atoms with E-state index in [2.05, 4.69) is 41.0 Å². The summed E-state index contributed by atoms with van der Waals surface area (Å²) in [6.07, 6.45) is 5.40. The first kappa shape index (κ1) is 14.5. The molecule has 2 aromatic rings. The Morgan fingerprint density at radius 1 is 1.42 bits per heavy atom. The summed E-state index contributed by atoms with van der Waals surface area (Å²) in [5.41, 5.74) is 2.58. The first-order valence-corrected chi connectivity index (χ1v) is 8.38. The lowest BCUT2D eigenvalue weighted by molar-refractivity contribution is 0.802. The number of benzene rings is 1. The van der Waals surface area contributed by atoms with Gasteiger partial charge in [-0.3, -0.25) is 5.10 Å². The first-order chi connectivity index (χ1) is 9.28. The highest BCUT2D eigenvalue weighted by Gasteiger charge is 1.99. The van der Waals surface area contributed by atoms with Gasteiger partial charge in [-0.1, -0.05) is 60.0 Å². The maximum absolute atomic E-state index is 5.00. The summed E-state index contributed by atoms with van der Waals surface area (Å²) < 4.78 is 1.79. The topological polar surface area (TPSA) is 28.7 Å². The van der Waals surface area contributed by atoms with E-state index in [9.17, 15) is 0 Å². The van der Waals surface area contributed by atoms with Gasteiger partial charge in [-0.2, -0.15) is 5.10 Å². The number of aromatic nitrogens is 2. The van der Waals surface area contributed by atoms with Gasteiger partial charge in [-0.15, -0.1) is 0 Å². The Bertz CT molecular complexity index is 586. The molecule has 2 rings (SSSR count). The van der Waals surface area contributed by atoms with Crippen LogP contribution in [0.4, 0.5) is 0 Å². The highest BCUT2D eigenvalue weighted by atomic mass is 32.2. The molecule has 0 bridgehead atoms. The Balaban J connectivity index is 1.69. The zero-order chi connectivity index (χ0) is 13.5. The number of nitrogens with zero attached hydrogens (tertiary/aromatic N) is 1. The maximum Gasteiger partial charge on any atom is 0.177 e. The fourth-order valence-corrected chi connectivity index (χ4v) is 3.90. The predicted octanol–water partition coefficient (Wildman–Crippen LogP) is 4.96. The van der Waals surface area contributed by atoms with E-state index in [-0.39, 0.29) is 0 Å². The molecule has 0 aliphatic heterocycles. The minimum absolute atomic E-state index is 0.753. The Morgan fingerprint density at radius 3 is 3.05 bits per heavy atom. The number of aromatic amines is 1. The van der Waals surface area contributed by atoms with E-state index >= 15 is 0 Å². The third kappa shape index (κ3) is 4.93. The minimum Gasteiger partial charge on any atom is -0.257 e. The maximum atomic E-state index is 5.00. The summed E-state index contributed by atoms with van der Waals surface area (Å²) in [5, 5.41) is 6.94. The molecule has 0 amide bonds. The van der Waals surface area contributed by atoms with Crippen molar-refractivity contribution in [1.29, 1.82) is 0 Å². The van der Waals surface area contributed by atoms with Crippen LogP contribution in [0.25, 0.3) is 6.08 Å². The molecule has 0 saturated heterocycles. The van der Waals surface area contributed by atoms with Crippen LogP contribution in [0.2, 0.25) is 0 Å². The number of nitrogens with one attached hydrogen (secondary N) is 1. The van der Waals surface area contributed by atoms with E-state index < -0.39 is 0 Å². The lowest BCUT2D eigenvalue weighted by atomic mass is 10.1. The molecular weight excluding hydrogens is 292 g/mol. The van der Waals surface area contributed by atoms with Crippen LogP contribution < -0.4 is 0 Å². The number of aryl methyl sites for hydroxylation is 1. The van der Waals surface area contributed by atoms with Gasteiger partial charge in [0.1, 0.15) is 0 Å². The van der Waals surface area contributed by atoms with Crippen molar-refractivity contribution >= 4 is 41.4 Å². The molecule has 1 N–H and O–H groups in total. The second kappa shape index (κ2) is 7.62. The number of rotatable bonds is 7. The highest BCUT2D eigenvalue weighted by molar-refractivity contribution is 8.01. The Hall–Kier alpha value is -0.910. The molecule has 2 nitrogen and oxygen atoms in total. The third-order valence-electron chi connectivity index (χ3n) is 2.69.